The van der Waals surface area contributed by atoms with Gasteiger partial charge in [-0.25, -0.2) is 4.68 Å². The molecule has 0 aliphatic rings. The lowest BCUT2D eigenvalue weighted by Gasteiger charge is -2.01. The van der Waals surface area contributed by atoms with E-state index in [-0.39, 0.29) is 18.1 Å². The molecule has 6 nitrogen and oxygen atoms in total. The van der Waals surface area contributed by atoms with Gasteiger partial charge >= 0.3 is 0 Å². The maximum atomic E-state index is 11.2. The third-order valence-electron chi connectivity index (χ3n) is 1.55. The number of aromatic nitrogens is 3. The van der Waals surface area contributed by atoms with Crippen LogP contribution in [0.4, 0.5) is 0 Å². The molecule has 0 atom stereocenters. The first-order valence-electron chi connectivity index (χ1n) is 4.38. The van der Waals surface area contributed by atoms with E-state index in [0.717, 1.165) is 6.42 Å². The predicted octanol–water partition coefficient (Wildman–Crippen LogP) is -0.383. The smallest absolute Gasteiger partial charge is 0.241 e. The monoisotopic (exact) mass is 196 g/mol. The molecule has 6 heteroatoms. The van der Waals surface area contributed by atoms with Gasteiger partial charge in [0.2, 0.25) is 5.91 Å². The highest BCUT2D eigenvalue weighted by atomic mass is 16.2. The predicted molar refractivity (Wildman–Crippen MR) is 48.7 cm³/mol. The molecule has 1 N–H and O–H groups in total. The van der Waals surface area contributed by atoms with Crippen molar-refractivity contribution in [3.05, 3.63) is 11.9 Å². The van der Waals surface area contributed by atoms with Crippen molar-refractivity contribution in [2.75, 3.05) is 6.54 Å². The Morgan fingerprint density at radius 2 is 2.50 bits per heavy atom. The minimum Gasteiger partial charge on any atom is -0.355 e. The fraction of sp³-hybridized carbons (Fsp3) is 0.500. The van der Waals surface area contributed by atoms with Crippen molar-refractivity contribution in [3.8, 4) is 0 Å². The van der Waals surface area contributed by atoms with Crippen LogP contribution in [0.1, 0.15) is 23.8 Å². The molecule has 0 aliphatic carbocycles. The third kappa shape index (κ3) is 2.96. The van der Waals surface area contributed by atoms with Crippen LogP contribution in [0, 0.1) is 0 Å². The van der Waals surface area contributed by atoms with Crippen LogP contribution in [0.15, 0.2) is 6.20 Å². The maximum Gasteiger partial charge on any atom is 0.241 e. The highest BCUT2D eigenvalue weighted by Crippen LogP contribution is 1.88. The number of hydrogen-bond donors (Lipinski definition) is 1. The summed E-state index contributed by atoms with van der Waals surface area (Å²) in [4.78, 5) is 21.4. The number of amides is 1. The van der Waals surface area contributed by atoms with E-state index in [2.05, 4.69) is 15.6 Å². The summed E-state index contributed by atoms with van der Waals surface area (Å²) in [5.74, 6) is -0.130. The van der Waals surface area contributed by atoms with Crippen molar-refractivity contribution < 1.29 is 9.59 Å². The van der Waals surface area contributed by atoms with Gasteiger partial charge in [0.25, 0.3) is 0 Å². The standard InChI is InChI=1S/C8H12N4O2/c1-2-3-9-8(14)5-12-4-7(6-13)10-11-12/h4,6H,2-3,5H2,1H3,(H,9,14). The molecule has 0 radical (unpaired) electrons. The van der Waals surface area contributed by atoms with Gasteiger partial charge in [0, 0.05) is 6.54 Å². The second-order valence-electron chi connectivity index (χ2n) is 2.81. The van der Waals surface area contributed by atoms with Crippen LogP contribution in [0.3, 0.4) is 0 Å². The second kappa shape index (κ2) is 5.11. The number of hydrogen-bond acceptors (Lipinski definition) is 4. The molecule has 1 heterocycles. The minimum atomic E-state index is -0.130. The fourth-order valence-electron chi connectivity index (χ4n) is 0.912. The quantitative estimate of drug-likeness (QED) is 0.651. The summed E-state index contributed by atoms with van der Waals surface area (Å²) < 4.78 is 1.33. The van der Waals surface area contributed by atoms with Crippen LogP contribution in [-0.2, 0) is 11.3 Å². The normalized spacial score (nSPS) is 9.79. The van der Waals surface area contributed by atoms with Gasteiger partial charge < -0.3 is 5.32 Å². The summed E-state index contributed by atoms with van der Waals surface area (Å²) in [5.41, 5.74) is 0.230. The summed E-state index contributed by atoms with van der Waals surface area (Å²) in [7, 11) is 0. The number of carbonyl (C=O) groups excluding carboxylic acids is 2. The first-order chi connectivity index (χ1) is 6.76. The van der Waals surface area contributed by atoms with E-state index in [1.165, 1.54) is 10.9 Å². The van der Waals surface area contributed by atoms with Crippen molar-refractivity contribution >= 4 is 12.2 Å². The number of aldehydes is 1. The molecule has 0 bridgehead atoms. The first kappa shape index (κ1) is 10.4. The Morgan fingerprint density at radius 1 is 1.71 bits per heavy atom. The molecule has 0 spiro atoms. The van der Waals surface area contributed by atoms with E-state index < -0.39 is 0 Å². The lowest BCUT2D eigenvalue weighted by molar-refractivity contribution is -0.121. The van der Waals surface area contributed by atoms with E-state index in [9.17, 15) is 9.59 Å². The minimum absolute atomic E-state index is 0.0981. The number of carbonyl (C=O) groups is 2. The van der Waals surface area contributed by atoms with E-state index in [0.29, 0.717) is 12.8 Å². The Labute approximate surface area is 81.3 Å². The van der Waals surface area contributed by atoms with E-state index in [1.807, 2.05) is 6.92 Å². The molecular weight excluding hydrogens is 184 g/mol. The van der Waals surface area contributed by atoms with Crippen molar-refractivity contribution in [3.63, 3.8) is 0 Å². The Hall–Kier alpha value is -1.72. The molecule has 0 saturated heterocycles. The molecule has 1 aromatic heterocycles. The van der Waals surface area contributed by atoms with Gasteiger partial charge in [-0.05, 0) is 6.42 Å². The lowest BCUT2D eigenvalue weighted by Crippen LogP contribution is -2.28. The van der Waals surface area contributed by atoms with Crippen molar-refractivity contribution in [1.29, 1.82) is 0 Å². The Balaban J connectivity index is 2.43. The van der Waals surface area contributed by atoms with E-state index in [4.69, 9.17) is 0 Å². The van der Waals surface area contributed by atoms with Crippen molar-refractivity contribution in [2.45, 2.75) is 19.9 Å². The van der Waals surface area contributed by atoms with Gasteiger partial charge in [-0.1, -0.05) is 12.1 Å². The lowest BCUT2D eigenvalue weighted by atomic mass is 10.4. The number of nitrogens with one attached hydrogen (secondary N) is 1. The van der Waals surface area contributed by atoms with Gasteiger partial charge in [0.05, 0.1) is 6.20 Å². The van der Waals surface area contributed by atoms with Gasteiger partial charge in [0.15, 0.2) is 6.29 Å². The number of nitrogens with zero attached hydrogens (tertiary/aromatic N) is 3. The van der Waals surface area contributed by atoms with Crippen LogP contribution in [0.25, 0.3) is 0 Å². The Morgan fingerprint density at radius 3 is 3.07 bits per heavy atom. The molecular formula is C8H12N4O2. The molecule has 76 valence electrons. The Kier molecular flexibility index (Phi) is 3.78. The summed E-state index contributed by atoms with van der Waals surface area (Å²) >= 11 is 0. The highest BCUT2D eigenvalue weighted by molar-refractivity contribution is 5.76. The van der Waals surface area contributed by atoms with Gasteiger partial charge in [0.1, 0.15) is 12.2 Å². The zero-order valence-electron chi connectivity index (χ0n) is 7.93. The molecule has 1 amide bonds. The molecule has 0 aliphatic heterocycles. The highest BCUT2D eigenvalue weighted by Gasteiger charge is 2.03. The molecule has 0 fully saturated rings. The summed E-state index contributed by atoms with van der Waals surface area (Å²) in [5, 5.41) is 9.83. The summed E-state index contributed by atoms with van der Waals surface area (Å²) in [6.07, 6.45) is 2.91. The van der Waals surface area contributed by atoms with Crippen molar-refractivity contribution in [1.82, 2.24) is 20.3 Å². The zero-order valence-corrected chi connectivity index (χ0v) is 7.93. The second-order valence-corrected chi connectivity index (χ2v) is 2.81. The van der Waals surface area contributed by atoms with E-state index >= 15 is 0 Å². The average molecular weight is 196 g/mol. The molecule has 0 unspecified atom stereocenters. The zero-order chi connectivity index (χ0) is 10.4. The molecule has 1 rings (SSSR count). The van der Waals surface area contributed by atoms with Crippen LogP contribution >= 0.6 is 0 Å². The Bertz CT molecular complexity index is 321. The van der Waals surface area contributed by atoms with Crippen LogP contribution in [-0.4, -0.2) is 33.7 Å². The topological polar surface area (TPSA) is 76.9 Å². The molecule has 14 heavy (non-hydrogen) atoms. The van der Waals surface area contributed by atoms with Crippen LogP contribution in [0.5, 0.6) is 0 Å². The average Bonchev–Trinajstić information content (AvgIpc) is 2.62. The fourth-order valence-corrected chi connectivity index (χ4v) is 0.912. The maximum absolute atomic E-state index is 11.2. The molecule has 0 saturated carbocycles. The van der Waals surface area contributed by atoms with Gasteiger partial charge in [-0.2, -0.15) is 0 Å². The molecule has 0 aromatic carbocycles. The summed E-state index contributed by atoms with van der Waals surface area (Å²) in [6.45, 7) is 2.72. The third-order valence-corrected chi connectivity index (χ3v) is 1.55. The SMILES string of the molecule is CCCNC(=O)Cn1cc(C=O)nn1. The van der Waals surface area contributed by atoms with Gasteiger partial charge in [-0.15, -0.1) is 5.10 Å². The largest absolute Gasteiger partial charge is 0.355 e. The first-order valence-corrected chi connectivity index (χ1v) is 4.38. The van der Waals surface area contributed by atoms with Crippen molar-refractivity contribution in [2.24, 2.45) is 0 Å². The molecule has 1 aromatic rings. The van der Waals surface area contributed by atoms with E-state index in [1.54, 1.807) is 0 Å². The summed E-state index contributed by atoms with van der Waals surface area (Å²) in [6, 6.07) is 0. The number of rotatable bonds is 5. The van der Waals surface area contributed by atoms with Gasteiger partial charge in [-0.3, -0.25) is 9.59 Å². The van der Waals surface area contributed by atoms with Crippen LogP contribution < -0.4 is 5.32 Å². The van der Waals surface area contributed by atoms with Crippen LogP contribution in [0.2, 0.25) is 0 Å².